The lowest BCUT2D eigenvalue weighted by atomic mass is 9.72. The Kier molecular flexibility index (Phi) is 8.40. The average molecular weight is 305 g/mol. The van der Waals surface area contributed by atoms with Crippen molar-refractivity contribution in [3.63, 3.8) is 0 Å². The highest BCUT2D eigenvalue weighted by Gasteiger charge is 2.37. The monoisotopic (exact) mass is 305 g/mol. The van der Waals surface area contributed by atoms with E-state index < -0.39 is 15.4 Å². The molecule has 0 spiro atoms. The smallest absolute Gasteiger partial charge is 0.239 e. The first kappa shape index (κ1) is 19.4. The molecule has 1 N–H and O–H groups in total. The summed E-state index contributed by atoms with van der Waals surface area (Å²) in [6.07, 6.45) is 7.57. The second-order valence-electron chi connectivity index (χ2n) is 5.84. The third-order valence-corrected chi connectivity index (χ3v) is 4.74. The Morgan fingerprint density at radius 3 is 1.80 bits per heavy atom. The molecule has 0 rings (SSSR count). The fourth-order valence-electron chi connectivity index (χ4n) is 2.95. The number of carbonyl (C=O) groups is 1. The fraction of sp³-hybridized carbons (Fsp3) is 0.933. The van der Waals surface area contributed by atoms with Gasteiger partial charge in [0.05, 0.1) is 6.26 Å². The van der Waals surface area contributed by atoms with Crippen LogP contribution in [-0.2, 0) is 14.8 Å². The van der Waals surface area contributed by atoms with Crippen LogP contribution in [0.25, 0.3) is 0 Å². The number of hydrogen-bond acceptors (Lipinski definition) is 3. The van der Waals surface area contributed by atoms with E-state index in [2.05, 4.69) is 18.6 Å². The molecule has 0 aromatic rings. The number of nitrogens with one attached hydrogen (secondary N) is 1. The fourth-order valence-corrected chi connectivity index (χ4v) is 3.50. The first-order valence-electron chi connectivity index (χ1n) is 7.76. The summed E-state index contributed by atoms with van der Waals surface area (Å²) in [5.41, 5.74) is -0.557. The topological polar surface area (TPSA) is 63.2 Å². The maximum atomic E-state index is 12.4. The number of amides is 1. The average Bonchev–Trinajstić information content (AvgIpc) is 2.34. The van der Waals surface area contributed by atoms with Crippen LogP contribution in [0.3, 0.4) is 0 Å². The number of rotatable bonds is 10. The molecule has 5 heteroatoms. The van der Waals surface area contributed by atoms with E-state index in [1.807, 2.05) is 13.8 Å². The maximum absolute atomic E-state index is 12.4. The number of carbonyl (C=O) groups excluding carboxylic acids is 1. The highest BCUT2D eigenvalue weighted by atomic mass is 32.2. The Balaban J connectivity index is 5.11. The van der Waals surface area contributed by atoms with E-state index in [-0.39, 0.29) is 5.91 Å². The second-order valence-corrected chi connectivity index (χ2v) is 7.59. The molecular weight excluding hydrogens is 274 g/mol. The molecule has 0 aliphatic carbocycles. The van der Waals surface area contributed by atoms with Crippen molar-refractivity contribution in [2.24, 2.45) is 11.3 Å². The Bertz CT molecular complexity index is 380. The van der Waals surface area contributed by atoms with Gasteiger partial charge >= 0.3 is 0 Å². The Morgan fingerprint density at radius 2 is 1.50 bits per heavy atom. The van der Waals surface area contributed by atoms with E-state index in [0.717, 1.165) is 38.4 Å². The molecule has 20 heavy (non-hydrogen) atoms. The first-order valence-corrected chi connectivity index (χ1v) is 9.66. The van der Waals surface area contributed by atoms with Crippen molar-refractivity contribution in [1.29, 1.82) is 0 Å². The van der Waals surface area contributed by atoms with E-state index in [1.165, 1.54) is 0 Å². The molecule has 0 heterocycles. The van der Waals surface area contributed by atoms with Crippen molar-refractivity contribution < 1.29 is 13.2 Å². The van der Waals surface area contributed by atoms with Gasteiger partial charge in [0.2, 0.25) is 15.9 Å². The summed E-state index contributed by atoms with van der Waals surface area (Å²) >= 11 is 0. The lowest BCUT2D eigenvalue weighted by molar-refractivity contribution is -0.130. The zero-order chi connectivity index (χ0) is 15.8. The van der Waals surface area contributed by atoms with Gasteiger partial charge in [-0.2, -0.15) is 0 Å². The van der Waals surface area contributed by atoms with Crippen LogP contribution in [0.1, 0.15) is 72.6 Å². The summed E-state index contributed by atoms with van der Waals surface area (Å²) < 4.78 is 24.8. The van der Waals surface area contributed by atoms with Crippen LogP contribution in [0.4, 0.5) is 0 Å². The van der Waals surface area contributed by atoms with Crippen LogP contribution in [0.15, 0.2) is 0 Å². The normalized spacial score (nSPS) is 12.7. The molecule has 1 amide bonds. The summed E-state index contributed by atoms with van der Waals surface area (Å²) in [6.45, 7) is 8.25. The minimum atomic E-state index is -3.49. The minimum absolute atomic E-state index is 0.331. The Hall–Kier alpha value is -0.580. The molecule has 0 aromatic heterocycles. The van der Waals surface area contributed by atoms with Crippen molar-refractivity contribution in [2.75, 3.05) is 6.26 Å². The van der Waals surface area contributed by atoms with Gasteiger partial charge in [-0.1, -0.05) is 53.4 Å². The van der Waals surface area contributed by atoms with Crippen molar-refractivity contribution in [1.82, 2.24) is 4.72 Å². The summed E-state index contributed by atoms with van der Waals surface area (Å²) in [7, 11) is -3.49. The highest BCUT2D eigenvalue weighted by molar-refractivity contribution is 7.89. The predicted molar refractivity (Wildman–Crippen MR) is 83.9 cm³/mol. The van der Waals surface area contributed by atoms with E-state index in [1.54, 1.807) is 0 Å². The van der Waals surface area contributed by atoms with Crippen molar-refractivity contribution in [3.05, 3.63) is 0 Å². The molecule has 0 saturated heterocycles. The highest BCUT2D eigenvalue weighted by Crippen LogP contribution is 2.37. The first-order chi connectivity index (χ1) is 9.24. The molecular formula is C15H31NO3S. The van der Waals surface area contributed by atoms with E-state index >= 15 is 0 Å². The molecule has 0 saturated carbocycles. The summed E-state index contributed by atoms with van der Waals surface area (Å²) in [5.74, 6) is 0.164. The van der Waals surface area contributed by atoms with Gasteiger partial charge < -0.3 is 0 Å². The molecule has 0 bridgehead atoms. The standard InChI is InChI=1S/C15H31NO3S/c1-6-10-13(11-7-2)12-15(8-3,9-4)14(17)16-20(5,18)19/h13H,6-12H2,1-5H3,(H,16,17). The van der Waals surface area contributed by atoms with E-state index in [9.17, 15) is 13.2 Å². The van der Waals surface area contributed by atoms with Gasteiger partial charge in [0.15, 0.2) is 0 Å². The van der Waals surface area contributed by atoms with Crippen LogP contribution in [0.5, 0.6) is 0 Å². The van der Waals surface area contributed by atoms with Crippen molar-refractivity contribution in [2.45, 2.75) is 72.6 Å². The molecule has 120 valence electrons. The molecule has 0 radical (unpaired) electrons. The number of sulfonamides is 1. The van der Waals surface area contributed by atoms with Crippen molar-refractivity contribution in [3.8, 4) is 0 Å². The van der Waals surface area contributed by atoms with Crippen LogP contribution >= 0.6 is 0 Å². The third-order valence-electron chi connectivity index (χ3n) is 4.19. The lowest BCUT2D eigenvalue weighted by Gasteiger charge is -2.33. The molecule has 0 atom stereocenters. The van der Waals surface area contributed by atoms with Gasteiger partial charge in [-0.15, -0.1) is 0 Å². The summed E-state index contributed by atoms with van der Waals surface area (Å²) in [5, 5.41) is 0. The van der Waals surface area contributed by atoms with Gasteiger partial charge in [-0.3, -0.25) is 9.52 Å². The molecule has 0 aliphatic rings. The third kappa shape index (κ3) is 6.25. The van der Waals surface area contributed by atoms with E-state index in [4.69, 9.17) is 0 Å². The van der Waals surface area contributed by atoms with Gasteiger partial charge in [0.1, 0.15) is 0 Å². The van der Waals surface area contributed by atoms with Gasteiger partial charge in [0.25, 0.3) is 0 Å². The Morgan fingerprint density at radius 1 is 1.05 bits per heavy atom. The van der Waals surface area contributed by atoms with Gasteiger partial charge in [0, 0.05) is 5.41 Å². The predicted octanol–water partition coefficient (Wildman–Crippen LogP) is 3.48. The Labute approximate surface area is 124 Å². The lowest BCUT2D eigenvalue weighted by Crippen LogP contribution is -2.43. The van der Waals surface area contributed by atoms with Gasteiger partial charge in [-0.05, 0) is 25.2 Å². The number of hydrogen-bond donors (Lipinski definition) is 1. The zero-order valence-corrected chi connectivity index (χ0v) is 14.5. The molecule has 0 aliphatic heterocycles. The van der Waals surface area contributed by atoms with Crippen LogP contribution in [0, 0.1) is 11.3 Å². The molecule has 4 nitrogen and oxygen atoms in total. The summed E-state index contributed by atoms with van der Waals surface area (Å²) in [6, 6.07) is 0. The largest absolute Gasteiger partial charge is 0.273 e. The molecule has 0 aromatic carbocycles. The van der Waals surface area contributed by atoms with Crippen LogP contribution < -0.4 is 4.72 Å². The maximum Gasteiger partial charge on any atom is 0.239 e. The van der Waals surface area contributed by atoms with E-state index in [0.29, 0.717) is 18.8 Å². The summed E-state index contributed by atoms with van der Waals surface area (Å²) in [4.78, 5) is 12.4. The quantitative estimate of drug-likeness (QED) is 0.672. The SMILES string of the molecule is CCCC(CCC)CC(CC)(CC)C(=O)NS(C)(=O)=O. The van der Waals surface area contributed by atoms with Crippen LogP contribution in [-0.4, -0.2) is 20.6 Å². The van der Waals surface area contributed by atoms with Crippen molar-refractivity contribution >= 4 is 15.9 Å². The second kappa shape index (κ2) is 8.65. The minimum Gasteiger partial charge on any atom is -0.273 e. The zero-order valence-electron chi connectivity index (χ0n) is 13.7. The molecule has 0 unspecified atom stereocenters. The van der Waals surface area contributed by atoms with Crippen LogP contribution in [0.2, 0.25) is 0 Å². The molecule has 0 fully saturated rings. The van der Waals surface area contributed by atoms with Gasteiger partial charge in [-0.25, -0.2) is 8.42 Å².